The van der Waals surface area contributed by atoms with E-state index in [0.29, 0.717) is 19.1 Å². The summed E-state index contributed by atoms with van der Waals surface area (Å²) in [6.45, 7) is 1.26. The normalized spacial score (nSPS) is 17.7. The van der Waals surface area contributed by atoms with Gasteiger partial charge in [-0.2, -0.15) is 0 Å². The highest BCUT2D eigenvalue weighted by molar-refractivity contribution is 5.78. The van der Waals surface area contributed by atoms with E-state index in [1.54, 1.807) is 0 Å². The number of hydrogen-bond donors (Lipinski definition) is 1. The Morgan fingerprint density at radius 3 is 2.82 bits per heavy atom. The molecule has 1 heterocycles. The molecule has 0 radical (unpaired) electrons. The van der Waals surface area contributed by atoms with Crippen molar-refractivity contribution in [1.29, 1.82) is 0 Å². The molecule has 5 heteroatoms. The lowest BCUT2D eigenvalue weighted by atomic mass is 9.94. The molecule has 1 aliphatic heterocycles. The Morgan fingerprint density at radius 2 is 2.00 bits per heavy atom. The van der Waals surface area contributed by atoms with Crippen molar-refractivity contribution in [2.75, 3.05) is 20.4 Å². The molecule has 1 aliphatic carbocycles. The van der Waals surface area contributed by atoms with Crippen LogP contribution in [0, 0.1) is 0 Å². The first-order chi connectivity index (χ1) is 10.7. The number of nitrogens with zero attached hydrogens (tertiary/aromatic N) is 1. The van der Waals surface area contributed by atoms with E-state index in [9.17, 15) is 4.79 Å². The molecular weight excluding hydrogens is 280 g/mol. The van der Waals surface area contributed by atoms with Gasteiger partial charge in [-0.15, -0.1) is 0 Å². The van der Waals surface area contributed by atoms with Crippen LogP contribution in [-0.4, -0.2) is 37.2 Å². The molecule has 1 aromatic carbocycles. The SMILES string of the molecule is CN(CC(=O)NCc1ccc2c(c1)OCO2)C1CCCCC1. The molecule has 1 aromatic rings. The second-order valence-electron chi connectivity index (χ2n) is 6.17. The molecule has 0 aromatic heterocycles. The molecule has 1 fully saturated rings. The number of ether oxygens (including phenoxy) is 2. The fourth-order valence-electron chi connectivity index (χ4n) is 3.18. The average Bonchev–Trinajstić information content (AvgIpc) is 3.01. The van der Waals surface area contributed by atoms with Crippen molar-refractivity contribution in [3.63, 3.8) is 0 Å². The standard InChI is InChI=1S/C17H24N2O3/c1-19(14-5-3-2-4-6-14)11-17(20)18-10-13-7-8-15-16(9-13)22-12-21-15/h7-9,14H,2-6,10-12H2,1H3,(H,18,20). The van der Waals surface area contributed by atoms with E-state index in [4.69, 9.17) is 9.47 Å². The van der Waals surface area contributed by atoms with Crippen LogP contribution in [0.25, 0.3) is 0 Å². The first-order valence-corrected chi connectivity index (χ1v) is 8.08. The molecule has 1 amide bonds. The van der Waals surface area contributed by atoms with Crippen molar-refractivity contribution in [2.24, 2.45) is 0 Å². The van der Waals surface area contributed by atoms with Gasteiger partial charge in [0.15, 0.2) is 11.5 Å². The van der Waals surface area contributed by atoms with Crippen molar-refractivity contribution < 1.29 is 14.3 Å². The summed E-state index contributed by atoms with van der Waals surface area (Å²) in [5.74, 6) is 1.60. The van der Waals surface area contributed by atoms with Crippen LogP contribution in [0.2, 0.25) is 0 Å². The van der Waals surface area contributed by atoms with Gasteiger partial charge in [-0.3, -0.25) is 9.69 Å². The Kier molecular flexibility index (Phi) is 4.83. The quantitative estimate of drug-likeness (QED) is 0.907. The molecule has 0 unspecified atom stereocenters. The minimum Gasteiger partial charge on any atom is -0.454 e. The summed E-state index contributed by atoms with van der Waals surface area (Å²) < 4.78 is 10.6. The average molecular weight is 304 g/mol. The van der Waals surface area contributed by atoms with Crippen molar-refractivity contribution in [3.8, 4) is 11.5 Å². The largest absolute Gasteiger partial charge is 0.454 e. The lowest BCUT2D eigenvalue weighted by Crippen LogP contribution is -2.41. The molecule has 5 nitrogen and oxygen atoms in total. The molecule has 2 aliphatic rings. The molecular formula is C17H24N2O3. The van der Waals surface area contributed by atoms with E-state index in [1.165, 1.54) is 32.1 Å². The maximum Gasteiger partial charge on any atom is 0.234 e. The van der Waals surface area contributed by atoms with Crippen LogP contribution in [-0.2, 0) is 11.3 Å². The smallest absolute Gasteiger partial charge is 0.234 e. The fraction of sp³-hybridized carbons (Fsp3) is 0.588. The van der Waals surface area contributed by atoms with Gasteiger partial charge in [0, 0.05) is 12.6 Å². The van der Waals surface area contributed by atoms with E-state index in [1.807, 2.05) is 18.2 Å². The molecule has 1 N–H and O–H groups in total. The van der Waals surface area contributed by atoms with Gasteiger partial charge in [-0.25, -0.2) is 0 Å². The van der Waals surface area contributed by atoms with Crippen LogP contribution in [0.4, 0.5) is 0 Å². The third kappa shape index (κ3) is 3.71. The molecule has 0 spiro atoms. The summed E-state index contributed by atoms with van der Waals surface area (Å²) in [6, 6.07) is 6.33. The summed E-state index contributed by atoms with van der Waals surface area (Å²) in [5, 5.41) is 2.98. The summed E-state index contributed by atoms with van der Waals surface area (Å²) in [7, 11) is 2.05. The number of benzene rings is 1. The zero-order valence-corrected chi connectivity index (χ0v) is 13.1. The van der Waals surface area contributed by atoms with Crippen molar-refractivity contribution in [3.05, 3.63) is 23.8 Å². The summed E-state index contributed by atoms with van der Waals surface area (Å²) in [5.41, 5.74) is 1.03. The predicted molar refractivity (Wildman–Crippen MR) is 83.9 cm³/mol. The minimum atomic E-state index is 0.0748. The molecule has 0 atom stereocenters. The molecule has 120 valence electrons. The highest BCUT2D eigenvalue weighted by Crippen LogP contribution is 2.32. The Balaban J connectivity index is 1.45. The molecule has 0 bridgehead atoms. The van der Waals surface area contributed by atoms with Gasteiger partial charge in [-0.1, -0.05) is 25.3 Å². The predicted octanol–water partition coefficient (Wildman–Crippen LogP) is 2.30. The number of nitrogens with one attached hydrogen (secondary N) is 1. The topological polar surface area (TPSA) is 50.8 Å². The van der Waals surface area contributed by atoms with Crippen molar-refractivity contribution in [2.45, 2.75) is 44.7 Å². The number of hydrogen-bond acceptors (Lipinski definition) is 4. The van der Waals surface area contributed by atoms with Gasteiger partial charge in [0.2, 0.25) is 12.7 Å². The molecule has 3 rings (SSSR count). The van der Waals surface area contributed by atoms with Crippen LogP contribution in [0.15, 0.2) is 18.2 Å². The first kappa shape index (κ1) is 15.2. The third-order valence-corrected chi connectivity index (χ3v) is 4.52. The number of rotatable bonds is 5. The zero-order chi connectivity index (χ0) is 15.4. The van der Waals surface area contributed by atoms with E-state index >= 15 is 0 Å². The Morgan fingerprint density at radius 1 is 1.23 bits per heavy atom. The fourth-order valence-corrected chi connectivity index (χ4v) is 3.18. The second-order valence-corrected chi connectivity index (χ2v) is 6.17. The number of fused-ring (bicyclic) bond motifs is 1. The zero-order valence-electron chi connectivity index (χ0n) is 13.1. The van der Waals surface area contributed by atoms with Crippen LogP contribution in [0.5, 0.6) is 11.5 Å². The summed E-state index contributed by atoms with van der Waals surface area (Å²) in [4.78, 5) is 14.3. The van der Waals surface area contributed by atoms with Crippen LogP contribution < -0.4 is 14.8 Å². The van der Waals surface area contributed by atoms with Crippen LogP contribution in [0.1, 0.15) is 37.7 Å². The van der Waals surface area contributed by atoms with Gasteiger partial charge < -0.3 is 14.8 Å². The van der Waals surface area contributed by atoms with Gasteiger partial charge in [0.25, 0.3) is 0 Å². The Bertz CT molecular complexity index is 527. The van der Waals surface area contributed by atoms with Gasteiger partial charge in [-0.05, 0) is 37.6 Å². The highest BCUT2D eigenvalue weighted by Gasteiger charge is 2.20. The monoisotopic (exact) mass is 304 g/mol. The number of likely N-dealkylation sites (N-methyl/N-ethyl adjacent to an activating group) is 1. The van der Waals surface area contributed by atoms with E-state index in [-0.39, 0.29) is 12.7 Å². The number of carbonyl (C=O) groups is 1. The second kappa shape index (κ2) is 7.01. The molecule has 22 heavy (non-hydrogen) atoms. The maximum absolute atomic E-state index is 12.1. The number of carbonyl (C=O) groups excluding carboxylic acids is 1. The van der Waals surface area contributed by atoms with Crippen LogP contribution in [0.3, 0.4) is 0 Å². The minimum absolute atomic E-state index is 0.0748. The number of amides is 1. The van der Waals surface area contributed by atoms with E-state index in [0.717, 1.165) is 17.1 Å². The Labute approximate surface area is 131 Å². The lowest BCUT2D eigenvalue weighted by Gasteiger charge is -2.30. The van der Waals surface area contributed by atoms with Gasteiger partial charge in [0.1, 0.15) is 0 Å². The van der Waals surface area contributed by atoms with Gasteiger partial charge >= 0.3 is 0 Å². The Hall–Kier alpha value is -1.75. The lowest BCUT2D eigenvalue weighted by molar-refractivity contribution is -0.122. The van der Waals surface area contributed by atoms with Crippen molar-refractivity contribution in [1.82, 2.24) is 10.2 Å². The molecule has 1 saturated carbocycles. The van der Waals surface area contributed by atoms with E-state index in [2.05, 4.69) is 17.3 Å². The van der Waals surface area contributed by atoms with Crippen LogP contribution >= 0.6 is 0 Å². The summed E-state index contributed by atoms with van der Waals surface area (Å²) in [6.07, 6.45) is 6.33. The molecule has 0 saturated heterocycles. The van der Waals surface area contributed by atoms with Gasteiger partial charge in [0.05, 0.1) is 6.54 Å². The maximum atomic E-state index is 12.1. The summed E-state index contributed by atoms with van der Waals surface area (Å²) >= 11 is 0. The highest BCUT2D eigenvalue weighted by atomic mass is 16.7. The van der Waals surface area contributed by atoms with E-state index < -0.39 is 0 Å². The third-order valence-electron chi connectivity index (χ3n) is 4.52. The first-order valence-electron chi connectivity index (χ1n) is 8.08. The van der Waals surface area contributed by atoms with Crippen molar-refractivity contribution >= 4 is 5.91 Å².